The average molecular weight is 182 g/mol. The molecule has 1 atom stereocenters. The highest BCUT2D eigenvalue weighted by molar-refractivity contribution is 4.89. The lowest BCUT2D eigenvalue weighted by Gasteiger charge is -2.28. The molecule has 0 aliphatic carbocycles. The van der Waals surface area contributed by atoms with E-state index < -0.39 is 0 Å². The Hall–Kier alpha value is -0.550. The first-order chi connectivity index (χ1) is 6.13. The van der Waals surface area contributed by atoms with E-state index in [0.29, 0.717) is 6.04 Å². The summed E-state index contributed by atoms with van der Waals surface area (Å²) in [5.41, 5.74) is 0. The van der Waals surface area contributed by atoms with E-state index in [1.807, 2.05) is 6.92 Å². The smallest absolute Gasteiger partial charge is 0.0951 e. The van der Waals surface area contributed by atoms with Crippen molar-refractivity contribution in [1.29, 1.82) is 5.26 Å². The maximum absolute atomic E-state index is 8.82. The molecule has 0 amide bonds. The van der Waals surface area contributed by atoms with Gasteiger partial charge in [0.15, 0.2) is 0 Å². The van der Waals surface area contributed by atoms with Crippen molar-refractivity contribution in [3.63, 3.8) is 0 Å². The molecule has 0 aliphatic heterocycles. The summed E-state index contributed by atoms with van der Waals surface area (Å²) in [5, 5.41) is 8.82. The first-order valence-corrected chi connectivity index (χ1v) is 5.28. The first-order valence-electron chi connectivity index (χ1n) is 5.28. The molecule has 2 nitrogen and oxygen atoms in total. The zero-order valence-electron chi connectivity index (χ0n) is 9.38. The second-order valence-electron chi connectivity index (χ2n) is 3.84. The molecule has 2 heteroatoms. The fourth-order valence-corrected chi connectivity index (χ4v) is 1.52. The lowest BCUT2D eigenvalue weighted by molar-refractivity contribution is 0.192. The summed E-state index contributed by atoms with van der Waals surface area (Å²) < 4.78 is 0. The van der Waals surface area contributed by atoms with Crippen LogP contribution in [0.15, 0.2) is 0 Å². The molecule has 0 aromatic rings. The third-order valence-electron chi connectivity index (χ3n) is 2.37. The number of nitriles is 1. The Morgan fingerprint density at radius 1 is 1.23 bits per heavy atom. The van der Waals surface area contributed by atoms with Crippen molar-refractivity contribution in [2.45, 2.75) is 59.0 Å². The van der Waals surface area contributed by atoms with Gasteiger partial charge in [0.2, 0.25) is 0 Å². The van der Waals surface area contributed by atoms with Gasteiger partial charge in [-0.25, -0.2) is 0 Å². The summed E-state index contributed by atoms with van der Waals surface area (Å²) in [6, 6.07) is 2.83. The van der Waals surface area contributed by atoms with Gasteiger partial charge >= 0.3 is 0 Å². The summed E-state index contributed by atoms with van der Waals surface area (Å²) in [6.45, 7) is 9.54. The molecule has 76 valence electrons. The van der Waals surface area contributed by atoms with Gasteiger partial charge in [0.25, 0.3) is 0 Å². The van der Waals surface area contributed by atoms with Gasteiger partial charge in [-0.3, -0.25) is 4.90 Å². The third kappa shape index (κ3) is 4.90. The maximum Gasteiger partial charge on any atom is 0.0951 e. The van der Waals surface area contributed by atoms with Crippen LogP contribution in [0.3, 0.4) is 0 Å². The van der Waals surface area contributed by atoms with Gasteiger partial charge < -0.3 is 0 Å². The maximum atomic E-state index is 8.82. The van der Waals surface area contributed by atoms with E-state index >= 15 is 0 Å². The minimum Gasteiger partial charge on any atom is -0.286 e. The summed E-state index contributed by atoms with van der Waals surface area (Å²) in [4.78, 5) is 2.26. The SMILES string of the molecule is CCCCCN(C(C)C)C(C)C#N. The molecule has 13 heavy (non-hydrogen) atoms. The van der Waals surface area contributed by atoms with Crippen molar-refractivity contribution in [2.24, 2.45) is 0 Å². The summed E-state index contributed by atoms with van der Waals surface area (Å²) in [6.07, 6.45) is 3.72. The molecule has 0 aromatic heterocycles. The van der Waals surface area contributed by atoms with Crippen molar-refractivity contribution in [2.75, 3.05) is 6.54 Å². The number of rotatable bonds is 6. The van der Waals surface area contributed by atoms with Crippen LogP contribution in [0.4, 0.5) is 0 Å². The van der Waals surface area contributed by atoms with E-state index in [4.69, 9.17) is 5.26 Å². The molecule has 0 bridgehead atoms. The van der Waals surface area contributed by atoms with Crippen molar-refractivity contribution in [3.8, 4) is 6.07 Å². The number of hydrogen-bond donors (Lipinski definition) is 0. The van der Waals surface area contributed by atoms with Gasteiger partial charge in [0.1, 0.15) is 0 Å². The molecule has 0 rings (SSSR count). The molecule has 0 aromatic carbocycles. The quantitative estimate of drug-likeness (QED) is 0.591. The Labute approximate surface area is 82.5 Å². The minimum absolute atomic E-state index is 0.0526. The summed E-state index contributed by atoms with van der Waals surface area (Å²) in [5.74, 6) is 0. The molecule has 0 radical (unpaired) electrons. The van der Waals surface area contributed by atoms with Gasteiger partial charge in [0.05, 0.1) is 12.1 Å². The lowest BCUT2D eigenvalue weighted by Crippen LogP contribution is -2.38. The predicted molar refractivity (Wildman–Crippen MR) is 56.4 cm³/mol. The zero-order valence-corrected chi connectivity index (χ0v) is 9.38. The van der Waals surface area contributed by atoms with Crippen molar-refractivity contribution in [1.82, 2.24) is 4.90 Å². The normalized spacial score (nSPS) is 13.3. The molecule has 0 saturated heterocycles. The summed E-state index contributed by atoms with van der Waals surface area (Å²) >= 11 is 0. The molecule has 0 saturated carbocycles. The molecule has 0 heterocycles. The van der Waals surface area contributed by atoms with Crippen LogP contribution in [0, 0.1) is 11.3 Å². The monoisotopic (exact) mass is 182 g/mol. The van der Waals surface area contributed by atoms with E-state index in [1.54, 1.807) is 0 Å². The molecule has 0 aliphatic rings. The lowest BCUT2D eigenvalue weighted by atomic mass is 10.2. The highest BCUT2D eigenvalue weighted by Crippen LogP contribution is 2.07. The number of hydrogen-bond acceptors (Lipinski definition) is 2. The topological polar surface area (TPSA) is 27.0 Å². The van der Waals surface area contributed by atoms with E-state index in [-0.39, 0.29) is 6.04 Å². The molecular formula is C11H22N2. The molecule has 0 spiro atoms. The van der Waals surface area contributed by atoms with Crippen LogP contribution in [0.2, 0.25) is 0 Å². The Balaban J connectivity index is 3.89. The third-order valence-corrected chi connectivity index (χ3v) is 2.37. The fraction of sp³-hybridized carbons (Fsp3) is 0.909. The standard InChI is InChI=1S/C11H22N2/c1-5-6-7-8-13(10(2)3)11(4)9-12/h10-11H,5-8H2,1-4H3. The highest BCUT2D eigenvalue weighted by atomic mass is 15.2. The van der Waals surface area contributed by atoms with Gasteiger partial charge in [-0.15, -0.1) is 0 Å². The first kappa shape index (κ1) is 12.4. The Bertz CT molecular complexity index is 158. The van der Waals surface area contributed by atoms with Crippen LogP contribution < -0.4 is 0 Å². The van der Waals surface area contributed by atoms with Crippen LogP contribution in [0.25, 0.3) is 0 Å². The van der Waals surface area contributed by atoms with Crippen LogP contribution >= 0.6 is 0 Å². The highest BCUT2D eigenvalue weighted by Gasteiger charge is 2.15. The zero-order chi connectivity index (χ0) is 10.3. The van der Waals surface area contributed by atoms with Gasteiger partial charge in [0, 0.05) is 6.04 Å². The van der Waals surface area contributed by atoms with Gasteiger partial charge in [-0.05, 0) is 33.7 Å². The van der Waals surface area contributed by atoms with Crippen molar-refractivity contribution < 1.29 is 0 Å². The second-order valence-corrected chi connectivity index (χ2v) is 3.84. The largest absolute Gasteiger partial charge is 0.286 e. The van der Waals surface area contributed by atoms with Gasteiger partial charge in [-0.2, -0.15) is 5.26 Å². The second kappa shape index (κ2) is 6.91. The fourth-order valence-electron chi connectivity index (χ4n) is 1.52. The summed E-state index contributed by atoms with van der Waals surface area (Å²) in [7, 11) is 0. The van der Waals surface area contributed by atoms with Gasteiger partial charge in [-0.1, -0.05) is 19.8 Å². The Morgan fingerprint density at radius 2 is 1.85 bits per heavy atom. The van der Waals surface area contributed by atoms with E-state index in [0.717, 1.165) is 6.54 Å². The Morgan fingerprint density at radius 3 is 2.23 bits per heavy atom. The van der Waals surface area contributed by atoms with E-state index in [1.165, 1.54) is 19.3 Å². The van der Waals surface area contributed by atoms with Crippen LogP contribution in [-0.4, -0.2) is 23.5 Å². The molecule has 0 N–H and O–H groups in total. The number of unbranched alkanes of at least 4 members (excludes halogenated alkanes) is 2. The molecule has 0 fully saturated rings. The van der Waals surface area contributed by atoms with Crippen LogP contribution in [-0.2, 0) is 0 Å². The molecule has 1 unspecified atom stereocenters. The van der Waals surface area contributed by atoms with Crippen LogP contribution in [0.1, 0.15) is 47.0 Å². The average Bonchev–Trinajstić information content (AvgIpc) is 2.11. The molecular weight excluding hydrogens is 160 g/mol. The van der Waals surface area contributed by atoms with Crippen LogP contribution in [0.5, 0.6) is 0 Å². The van der Waals surface area contributed by atoms with Crippen molar-refractivity contribution >= 4 is 0 Å². The minimum atomic E-state index is 0.0526. The van der Waals surface area contributed by atoms with Crippen molar-refractivity contribution in [3.05, 3.63) is 0 Å². The van der Waals surface area contributed by atoms with E-state index in [9.17, 15) is 0 Å². The predicted octanol–water partition coefficient (Wildman–Crippen LogP) is 2.80. The Kier molecular flexibility index (Phi) is 6.62. The van der Waals surface area contributed by atoms with E-state index in [2.05, 4.69) is 31.7 Å². The number of nitrogens with zero attached hydrogens (tertiary/aromatic N) is 2.